The van der Waals surface area contributed by atoms with Crippen LogP contribution < -0.4 is 14.8 Å². The highest BCUT2D eigenvalue weighted by Gasteiger charge is 2.32. The number of ether oxygens (including phenoxy) is 2. The summed E-state index contributed by atoms with van der Waals surface area (Å²) in [5, 5.41) is 11.9. The van der Waals surface area contributed by atoms with Crippen LogP contribution in [0.5, 0.6) is 11.5 Å². The van der Waals surface area contributed by atoms with E-state index < -0.39 is 5.91 Å². The molecule has 1 fully saturated rings. The standard InChI is InChI=1S/C19H22N2O4/c1-3-4-9-21-18(22)15(12-20)10-13-5-8-16(17(11-13)24-2)25-19(23)14-6-7-14/h5,8,10-11,14H,3-4,6-7,9H2,1-2H3,(H,21,22)/b15-10+. The van der Waals surface area contributed by atoms with Crippen molar-refractivity contribution in [2.75, 3.05) is 13.7 Å². The Kier molecular flexibility index (Phi) is 6.58. The molecule has 1 N–H and O–H groups in total. The molecule has 2 rings (SSSR count). The van der Waals surface area contributed by atoms with Crippen LogP contribution in [0, 0.1) is 17.2 Å². The van der Waals surface area contributed by atoms with Crippen LogP contribution in [-0.2, 0) is 9.59 Å². The van der Waals surface area contributed by atoms with Crippen molar-refractivity contribution in [3.63, 3.8) is 0 Å². The van der Waals surface area contributed by atoms with Crippen LogP contribution in [-0.4, -0.2) is 25.5 Å². The molecule has 6 heteroatoms. The average molecular weight is 342 g/mol. The number of hydrogen-bond donors (Lipinski definition) is 1. The molecule has 0 aromatic heterocycles. The zero-order valence-corrected chi connectivity index (χ0v) is 14.5. The highest BCUT2D eigenvalue weighted by Crippen LogP contribution is 2.34. The first kappa shape index (κ1) is 18.5. The summed E-state index contributed by atoms with van der Waals surface area (Å²) in [6, 6.07) is 6.82. The number of nitrogens with one attached hydrogen (secondary N) is 1. The molecule has 1 aromatic rings. The van der Waals surface area contributed by atoms with Crippen LogP contribution in [0.15, 0.2) is 23.8 Å². The van der Waals surface area contributed by atoms with Gasteiger partial charge in [-0.3, -0.25) is 9.59 Å². The number of methoxy groups -OCH3 is 1. The predicted octanol–water partition coefficient (Wildman–Crippen LogP) is 2.83. The number of hydrogen-bond acceptors (Lipinski definition) is 5. The van der Waals surface area contributed by atoms with Crippen LogP contribution >= 0.6 is 0 Å². The molecule has 132 valence electrons. The van der Waals surface area contributed by atoms with Crippen LogP contribution in [0.3, 0.4) is 0 Å². The minimum absolute atomic E-state index is 0.0127. The van der Waals surface area contributed by atoms with E-state index >= 15 is 0 Å². The lowest BCUT2D eigenvalue weighted by atomic mass is 10.1. The zero-order chi connectivity index (χ0) is 18.2. The topological polar surface area (TPSA) is 88.4 Å². The first-order valence-electron chi connectivity index (χ1n) is 8.38. The van der Waals surface area contributed by atoms with Gasteiger partial charge in [-0.15, -0.1) is 0 Å². The Balaban J connectivity index is 2.13. The number of nitrogens with zero attached hydrogens (tertiary/aromatic N) is 1. The molecule has 0 unspecified atom stereocenters. The molecular formula is C19H22N2O4. The second-order valence-electron chi connectivity index (χ2n) is 5.88. The largest absolute Gasteiger partial charge is 0.493 e. The molecule has 0 aliphatic heterocycles. The van der Waals surface area contributed by atoms with Gasteiger partial charge in [0.05, 0.1) is 13.0 Å². The molecule has 0 radical (unpaired) electrons. The Labute approximate surface area is 147 Å². The fraction of sp³-hybridized carbons (Fsp3) is 0.421. The summed E-state index contributed by atoms with van der Waals surface area (Å²) in [4.78, 5) is 23.8. The number of unbranched alkanes of at least 4 members (excludes halogenated alkanes) is 1. The van der Waals surface area contributed by atoms with Crippen molar-refractivity contribution in [3.8, 4) is 17.6 Å². The number of amides is 1. The van der Waals surface area contributed by atoms with Crippen LogP contribution in [0.2, 0.25) is 0 Å². The van der Waals surface area contributed by atoms with E-state index in [0.717, 1.165) is 25.7 Å². The molecular weight excluding hydrogens is 320 g/mol. The summed E-state index contributed by atoms with van der Waals surface area (Å²) in [7, 11) is 1.47. The molecule has 0 saturated heterocycles. The van der Waals surface area contributed by atoms with Gasteiger partial charge in [0.25, 0.3) is 5.91 Å². The smallest absolute Gasteiger partial charge is 0.314 e. The van der Waals surface area contributed by atoms with E-state index in [1.54, 1.807) is 18.2 Å². The second kappa shape index (κ2) is 8.88. The van der Waals surface area contributed by atoms with Gasteiger partial charge in [-0.1, -0.05) is 19.4 Å². The molecule has 0 heterocycles. The lowest BCUT2D eigenvalue weighted by Crippen LogP contribution is -2.25. The van der Waals surface area contributed by atoms with Gasteiger partial charge in [0.1, 0.15) is 11.6 Å². The summed E-state index contributed by atoms with van der Waals surface area (Å²) in [5.41, 5.74) is 0.631. The summed E-state index contributed by atoms with van der Waals surface area (Å²) < 4.78 is 10.6. The van der Waals surface area contributed by atoms with Gasteiger partial charge in [-0.25, -0.2) is 0 Å². The molecule has 1 amide bonds. The zero-order valence-electron chi connectivity index (χ0n) is 14.5. The van der Waals surface area contributed by atoms with Crippen molar-refractivity contribution < 1.29 is 19.1 Å². The minimum atomic E-state index is -0.404. The molecule has 1 saturated carbocycles. The van der Waals surface area contributed by atoms with Gasteiger partial charge in [0.15, 0.2) is 11.5 Å². The number of rotatable bonds is 8. The van der Waals surface area contributed by atoms with Crippen molar-refractivity contribution in [2.45, 2.75) is 32.6 Å². The van der Waals surface area contributed by atoms with Crippen LogP contribution in [0.25, 0.3) is 6.08 Å². The van der Waals surface area contributed by atoms with Crippen molar-refractivity contribution in [3.05, 3.63) is 29.3 Å². The third-order valence-electron chi connectivity index (χ3n) is 3.80. The Morgan fingerprint density at radius 3 is 2.72 bits per heavy atom. The summed E-state index contributed by atoms with van der Waals surface area (Å²) >= 11 is 0. The average Bonchev–Trinajstić information content (AvgIpc) is 3.45. The molecule has 1 aliphatic rings. The number of carbonyl (C=O) groups excluding carboxylic acids is 2. The fourth-order valence-corrected chi connectivity index (χ4v) is 2.16. The van der Waals surface area contributed by atoms with Gasteiger partial charge < -0.3 is 14.8 Å². The van der Waals surface area contributed by atoms with E-state index in [1.807, 2.05) is 13.0 Å². The normalized spacial score (nSPS) is 13.7. The number of nitriles is 1. The van der Waals surface area contributed by atoms with E-state index in [-0.39, 0.29) is 17.5 Å². The Morgan fingerprint density at radius 1 is 1.36 bits per heavy atom. The summed E-state index contributed by atoms with van der Waals surface area (Å²) in [6.45, 7) is 2.56. The third-order valence-corrected chi connectivity index (χ3v) is 3.80. The van der Waals surface area contributed by atoms with Gasteiger partial charge >= 0.3 is 5.97 Å². The van der Waals surface area contributed by atoms with Crippen molar-refractivity contribution in [2.24, 2.45) is 5.92 Å². The van der Waals surface area contributed by atoms with E-state index in [0.29, 0.717) is 23.6 Å². The summed E-state index contributed by atoms with van der Waals surface area (Å²) in [6.07, 6.45) is 5.03. The molecule has 25 heavy (non-hydrogen) atoms. The Hall–Kier alpha value is -2.81. The first-order chi connectivity index (χ1) is 12.1. The Bertz CT molecular complexity index is 715. The fourth-order valence-electron chi connectivity index (χ4n) is 2.16. The van der Waals surface area contributed by atoms with Gasteiger partial charge in [0, 0.05) is 6.54 Å². The maximum absolute atomic E-state index is 12.0. The minimum Gasteiger partial charge on any atom is -0.493 e. The molecule has 1 aromatic carbocycles. The van der Waals surface area contributed by atoms with Gasteiger partial charge in [0.2, 0.25) is 0 Å². The second-order valence-corrected chi connectivity index (χ2v) is 5.88. The van der Waals surface area contributed by atoms with Crippen LogP contribution in [0.1, 0.15) is 38.2 Å². The lowest BCUT2D eigenvalue weighted by molar-refractivity contribution is -0.135. The lowest BCUT2D eigenvalue weighted by Gasteiger charge is -2.10. The predicted molar refractivity (Wildman–Crippen MR) is 92.9 cm³/mol. The van der Waals surface area contributed by atoms with Crippen molar-refractivity contribution in [1.82, 2.24) is 5.32 Å². The number of benzene rings is 1. The van der Waals surface area contributed by atoms with Crippen LogP contribution in [0.4, 0.5) is 0 Å². The SMILES string of the molecule is CCCCNC(=O)/C(C#N)=C/c1ccc(OC(=O)C2CC2)c(OC)c1. The van der Waals surface area contributed by atoms with E-state index in [2.05, 4.69) is 5.32 Å². The number of esters is 1. The molecule has 6 nitrogen and oxygen atoms in total. The first-order valence-corrected chi connectivity index (χ1v) is 8.38. The highest BCUT2D eigenvalue weighted by atomic mass is 16.6. The molecule has 0 spiro atoms. The molecule has 0 bridgehead atoms. The quantitative estimate of drug-likeness (QED) is 0.258. The van der Waals surface area contributed by atoms with Gasteiger partial charge in [-0.2, -0.15) is 5.26 Å². The van der Waals surface area contributed by atoms with Crippen molar-refractivity contribution in [1.29, 1.82) is 5.26 Å². The van der Waals surface area contributed by atoms with E-state index in [1.165, 1.54) is 13.2 Å². The Morgan fingerprint density at radius 2 is 2.12 bits per heavy atom. The molecule has 1 aliphatic carbocycles. The van der Waals surface area contributed by atoms with E-state index in [4.69, 9.17) is 9.47 Å². The monoisotopic (exact) mass is 342 g/mol. The molecule has 0 atom stereocenters. The maximum atomic E-state index is 12.0. The van der Waals surface area contributed by atoms with E-state index in [9.17, 15) is 14.9 Å². The third kappa shape index (κ3) is 5.35. The van der Waals surface area contributed by atoms with Crippen molar-refractivity contribution >= 4 is 18.0 Å². The number of carbonyl (C=O) groups is 2. The summed E-state index contributed by atoms with van der Waals surface area (Å²) in [5.74, 6) is 0.0453. The maximum Gasteiger partial charge on any atom is 0.314 e. The van der Waals surface area contributed by atoms with Gasteiger partial charge in [-0.05, 0) is 43.0 Å². The highest BCUT2D eigenvalue weighted by molar-refractivity contribution is 6.01.